The van der Waals surface area contributed by atoms with Crippen molar-refractivity contribution in [2.45, 2.75) is 19.3 Å². The number of allylic oxidation sites excluding steroid dienone is 1. The van der Waals surface area contributed by atoms with Crippen LogP contribution in [0, 0.1) is 0 Å². The number of H-pyrrole nitrogens is 1. The number of alkyl halides is 3. The number of fused-ring (bicyclic) bond motifs is 1. The van der Waals surface area contributed by atoms with Gasteiger partial charge in [0.1, 0.15) is 6.54 Å². The third-order valence-electron chi connectivity index (χ3n) is 2.49. The Morgan fingerprint density at radius 2 is 2.00 bits per heavy atom. The molecule has 0 fully saturated rings. The molecule has 0 amide bonds. The van der Waals surface area contributed by atoms with Crippen LogP contribution in [0.25, 0.3) is 11.2 Å². The minimum atomic E-state index is -4.64. The van der Waals surface area contributed by atoms with E-state index in [0.717, 1.165) is 4.57 Å². The Hall–Kier alpha value is -2.03. The lowest BCUT2D eigenvalue weighted by molar-refractivity contribution is -0.140. The molecule has 2 heterocycles. The molecule has 2 rings (SSSR count). The summed E-state index contributed by atoms with van der Waals surface area (Å²) in [5.41, 5.74) is -2.67. The van der Waals surface area contributed by atoms with Crippen molar-refractivity contribution < 1.29 is 13.2 Å². The molecule has 0 saturated heterocycles. The number of nitrogens with one attached hydrogen (secondary N) is 1. The Morgan fingerprint density at radius 1 is 1.35 bits per heavy atom. The van der Waals surface area contributed by atoms with E-state index >= 15 is 0 Å². The highest BCUT2D eigenvalue weighted by molar-refractivity contribution is 6.29. The average molecular weight is 309 g/mol. The quantitative estimate of drug-likeness (QED) is 0.686. The minimum Gasteiger partial charge on any atom is -0.305 e. The predicted molar refractivity (Wildman–Crippen MR) is 65.9 cm³/mol. The molecule has 0 bridgehead atoms. The fraction of sp³-hybridized carbons (Fsp3) is 0.300. The monoisotopic (exact) mass is 308 g/mol. The van der Waals surface area contributed by atoms with Gasteiger partial charge in [-0.15, -0.1) is 6.58 Å². The summed E-state index contributed by atoms with van der Waals surface area (Å²) < 4.78 is 38.9. The van der Waals surface area contributed by atoms with Gasteiger partial charge in [-0.3, -0.25) is 14.3 Å². The van der Waals surface area contributed by atoms with E-state index in [0.29, 0.717) is 4.57 Å². The molecule has 0 unspecified atom stereocenters. The van der Waals surface area contributed by atoms with Gasteiger partial charge in [0, 0.05) is 6.54 Å². The van der Waals surface area contributed by atoms with E-state index in [1.165, 1.54) is 6.08 Å². The van der Waals surface area contributed by atoms with Crippen molar-refractivity contribution in [1.82, 2.24) is 19.1 Å². The lowest BCUT2D eigenvalue weighted by atomic mass is 10.4. The fourth-order valence-electron chi connectivity index (χ4n) is 1.77. The molecule has 0 saturated carbocycles. The van der Waals surface area contributed by atoms with E-state index in [1.54, 1.807) is 0 Å². The normalized spacial score (nSPS) is 12.0. The van der Waals surface area contributed by atoms with Crippen molar-refractivity contribution in [3.8, 4) is 0 Å². The number of hydrogen-bond acceptors (Lipinski definition) is 3. The van der Waals surface area contributed by atoms with E-state index in [2.05, 4.69) is 11.6 Å². The van der Waals surface area contributed by atoms with Gasteiger partial charge >= 0.3 is 11.9 Å². The molecule has 6 nitrogen and oxygen atoms in total. The highest BCUT2D eigenvalue weighted by Crippen LogP contribution is 2.20. The maximum atomic E-state index is 12.5. The summed E-state index contributed by atoms with van der Waals surface area (Å²) in [6, 6.07) is 0. The summed E-state index contributed by atoms with van der Waals surface area (Å²) in [7, 11) is 0. The first kappa shape index (κ1) is 14.4. The highest BCUT2D eigenvalue weighted by atomic mass is 35.5. The molecule has 0 atom stereocenters. The van der Waals surface area contributed by atoms with Crippen LogP contribution in [0.3, 0.4) is 0 Å². The number of rotatable bonds is 3. The molecule has 0 aromatic carbocycles. The summed E-state index contributed by atoms with van der Waals surface area (Å²) >= 11 is 5.77. The van der Waals surface area contributed by atoms with Crippen molar-refractivity contribution >= 4 is 22.8 Å². The Bertz CT molecular complexity index is 787. The van der Waals surface area contributed by atoms with Crippen LogP contribution >= 0.6 is 11.6 Å². The Morgan fingerprint density at radius 3 is 2.55 bits per heavy atom. The second kappa shape index (κ2) is 4.82. The maximum absolute atomic E-state index is 12.5. The molecule has 2 aromatic rings. The summed E-state index contributed by atoms with van der Waals surface area (Å²) in [5.74, 6) is 0. The van der Waals surface area contributed by atoms with Crippen molar-refractivity contribution in [2.24, 2.45) is 0 Å². The van der Waals surface area contributed by atoms with Crippen LogP contribution in [0.4, 0.5) is 13.2 Å². The fourth-order valence-corrected chi connectivity index (χ4v) is 2.00. The zero-order valence-corrected chi connectivity index (χ0v) is 10.6. The van der Waals surface area contributed by atoms with Gasteiger partial charge in [-0.1, -0.05) is 6.08 Å². The topological polar surface area (TPSA) is 72.7 Å². The number of halogens is 4. The molecule has 0 aliphatic carbocycles. The number of aromatic amines is 1. The average Bonchev–Trinajstić information content (AvgIpc) is 2.62. The standard InChI is InChI=1S/C10H8ClF3N4O2/c1-2-3-17-5-6(15-8(17)11)18(4-10(12,13)14)9(20)16-7(5)19/h2H,1,3-4H2,(H,16,19,20). The summed E-state index contributed by atoms with van der Waals surface area (Å²) in [6.07, 6.45) is -3.24. The second-order valence-electron chi connectivity index (χ2n) is 3.91. The Labute approximate surface area is 114 Å². The molecule has 108 valence electrons. The van der Waals surface area contributed by atoms with E-state index in [4.69, 9.17) is 11.6 Å². The van der Waals surface area contributed by atoms with Gasteiger partial charge in [-0.05, 0) is 11.6 Å². The number of aromatic nitrogens is 4. The van der Waals surface area contributed by atoms with E-state index < -0.39 is 29.6 Å². The Balaban J connectivity index is 2.83. The van der Waals surface area contributed by atoms with Crippen molar-refractivity contribution in [1.29, 1.82) is 0 Å². The van der Waals surface area contributed by atoms with Gasteiger partial charge in [0.05, 0.1) is 0 Å². The summed E-state index contributed by atoms with van der Waals surface area (Å²) in [6.45, 7) is 1.95. The lowest BCUT2D eigenvalue weighted by Gasteiger charge is -2.09. The van der Waals surface area contributed by atoms with E-state index in [9.17, 15) is 22.8 Å². The predicted octanol–water partition coefficient (Wildman–Crippen LogP) is 1.29. The molecule has 1 N–H and O–H groups in total. The first-order chi connectivity index (χ1) is 9.24. The van der Waals surface area contributed by atoms with Crippen LogP contribution in [0.2, 0.25) is 5.28 Å². The van der Waals surface area contributed by atoms with Gasteiger partial charge in [0.25, 0.3) is 5.56 Å². The van der Waals surface area contributed by atoms with Gasteiger partial charge < -0.3 is 4.57 Å². The van der Waals surface area contributed by atoms with Gasteiger partial charge in [0.15, 0.2) is 11.2 Å². The van der Waals surface area contributed by atoms with Crippen LogP contribution in [0.15, 0.2) is 22.2 Å². The third kappa shape index (κ3) is 2.48. The summed E-state index contributed by atoms with van der Waals surface area (Å²) in [5, 5.41) is -0.202. The molecule has 0 aliphatic heterocycles. The molecule has 0 radical (unpaired) electrons. The van der Waals surface area contributed by atoms with E-state index in [-0.39, 0.29) is 17.3 Å². The van der Waals surface area contributed by atoms with Gasteiger partial charge in [-0.25, -0.2) is 4.79 Å². The van der Waals surface area contributed by atoms with Crippen LogP contribution in [-0.2, 0) is 13.1 Å². The van der Waals surface area contributed by atoms with Crippen LogP contribution in [-0.4, -0.2) is 25.3 Å². The maximum Gasteiger partial charge on any atom is 0.406 e. The first-order valence-corrected chi connectivity index (χ1v) is 5.69. The molecule has 10 heteroatoms. The number of hydrogen-bond donors (Lipinski definition) is 1. The smallest absolute Gasteiger partial charge is 0.305 e. The van der Waals surface area contributed by atoms with Gasteiger partial charge in [-0.2, -0.15) is 18.2 Å². The largest absolute Gasteiger partial charge is 0.406 e. The minimum absolute atomic E-state index is 0.0721. The second-order valence-corrected chi connectivity index (χ2v) is 4.25. The molecular weight excluding hydrogens is 301 g/mol. The molecule has 2 aromatic heterocycles. The number of imidazole rings is 1. The molecule has 20 heavy (non-hydrogen) atoms. The first-order valence-electron chi connectivity index (χ1n) is 5.31. The highest BCUT2D eigenvalue weighted by Gasteiger charge is 2.31. The molecule has 0 aliphatic rings. The van der Waals surface area contributed by atoms with Crippen LogP contribution in [0.1, 0.15) is 0 Å². The lowest BCUT2D eigenvalue weighted by Crippen LogP contribution is -2.35. The van der Waals surface area contributed by atoms with Gasteiger partial charge in [0.2, 0.25) is 5.28 Å². The van der Waals surface area contributed by atoms with Crippen molar-refractivity contribution in [2.75, 3.05) is 0 Å². The molecular formula is C10H8ClF3N4O2. The summed E-state index contributed by atoms with van der Waals surface area (Å²) in [4.78, 5) is 28.7. The van der Waals surface area contributed by atoms with Crippen LogP contribution in [0.5, 0.6) is 0 Å². The zero-order valence-electron chi connectivity index (χ0n) is 9.87. The zero-order chi connectivity index (χ0) is 15.1. The number of nitrogens with zero attached hydrogens (tertiary/aromatic N) is 3. The van der Waals surface area contributed by atoms with Crippen molar-refractivity contribution in [3.63, 3.8) is 0 Å². The Kier molecular flexibility index (Phi) is 3.46. The third-order valence-corrected chi connectivity index (χ3v) is 2.78. The van der Waals surface area contributed by atoms with E-state index in [1.807, 2.05) is 4.98 Å². The molecule has 0 spiro atoms. The van der Waals surface area contributed by atoms with Crippen molar-refractivity contribution in [3.05, 3.63) is 38.8 Å². The SMILES string of the molecule is C=CCn1c(Cl)nc2c1c(=O)[nH]c(=O)n2CC(F)(F)F. The van der Waals surface area contributed by atoms with Crippen LogP contribution < -0.4 is 11.2 Å².